The van der Waals surface area contributed by atoms with E-state index in [1.165, 1.54) is 38.2 Å². The number of rotatable bonds is 7. The summed E-state index contributed by atoms with van der Waals surface area (Å²) in [5.74, 6) is -0.373. The Labute approximate surface area is 171 Å². The maximum Gasteiger partial charge on any atom is 0.346 e. The first-order chi connectivity index (χ1) is 14.0. The minimum absolute atomic E-state index is 0.160. The Morgan fingerprint density at radius 1 is 1.00 bits per heavy atom. The lowest BCUT2D eigenvalue weighted by Gasteiger charge is -2.20. The number of aryl methyl sites for hydroxylation is 2. The predicted molar refractivity (Wildman–Crippen MR) is 109 cm³/mol. The fraction of sp³-hybridized carbons (Fsp3) is 0.391. The Bertz CT molecular complexity index is 871. The summed E-state index contributed by atoms with van der Waals surface area (Å²) in [5.41, 5.74) is 3.98. The van der Waals surface area contributed by atoms with Gasteiger partial charge in [-0.15, -0.1) is 0 Å². The molecule has 0 radical (unpaired) electrons. The number of benzene rings is 2. The van der Waals surface area contributed by atoms with Crippen LogP contribution in [0.4, 0.5) is 0 Å². The van der Waals surface area contributed by atoms with Gasteiger partial charge in [0.15, 0.2) is 6.61 Å². The van der Waals surface area contributed by atoms with Crippen LogP contribution in [0.15, 0.2) is 36.4 Å². The molecule has 2 aromatic carbocycles. The molecule has 6 heteroatoms. The molecule has 2 aromatic rings. The van der Waals surface area contributed by atoms with E-state index in [0.29, 0.717) is 11.5 Å². The van der Waals surface area contributed by atoms with Gasteiger partial charge < -0.3 is 19.5 Å². The first-order valence-electron chi connectivity index (χ1n) is 9.82. The van der Waals surface area contributed by atoms with Crippen LogP contribution in [0.25, 0.3) is 0 Å². The van der Waals surface area contributed by atoms with Crippen molar-refractivity contribution in [3.8, 4) is 11.5 Å². The molecule has 1 N–H and O–H groups in total. The number of hydrogen-bond donors (Lipinski definition) is 1. The molecule has 29 heavy (non-hydrogen) atoms. The van der Waals surface area contributed by atoms with Gasteiger partial charge in [-0.1, -0.05) is 24.3 Å². The molecule has 0 fully saturated rings. The zero-order chi connectivity index (χ0) is 20.8. The Balaban J connectivity index is 1.59. The van der Waals surface area contributed by atoms with Crippen LogP contribution in [-0.2, 0) is 22.4 Å². The van der Waals surface area contributed by atoms with Crippen LogP contribution >= 0.6 is 0 Å². The molecule has 1 amide bonds. The predicted octanol–water partition coefficient (Wildman–Crippen LogP) is 3.62. The van der Waals surface area contributed by atoms with E-state index in [-0.39, 0.29) is 24.1 Å². The van der Waals surface area contributed by atoms with Gasteiger partial charge in [-0.3, -0.25) is 4.79 Å². The van der Waals surface area contributed by atoms with Crippen LogP contribution < -0.4 is 14.8 Å². The summed E-state index contributed by atoms with van der Waals surface area (Å²) < 4.78 is 15.6. The molecule has 154 valence electrons. The van der Waals surface area contributed by atoms with Gasteiger partial charge in [-0.05, 0) is 61.4 Å². The number of carbonyl (C=O) groups excluding carboxylic acids is 2. The second-order valence-electron chi connectivity index (χ2n) is 7.14. The summed E-state index contributed by atoms with van der Waals surface area (Å²) >= 11 is 0. The maximum absolute atomic E-state index is 12.5. The van der Waals surface area contributed by atoms with Crippen molar-refractivity contribution in [3.05, 3.63) is 58.7 Å². The fourth-order valence-corrected chi connectivity index (χ4v) is 3.64. The molecule has 0 heterocycles. The van der Waals surface area contributed by atoms with Crippen molar-refractivity contribution in [2.24, 2.45) is 0 Å². The molecular formula is C23H27NO5. The van der Waals surface area contributed by atoms with Gasteiger partial charge in [-0.2, -0.15) is 0 Å². The highest BCUT2D eigenvalue weighted by Crippen LogP contribution is 2.29. The first kappa shape index (κ1) is 20.7. The van der Waals surface area contributed by atoms with E-state index >= 15 is 0 Å². The maximum atomic E-state index is 12.5. The quantitative estimate of drug-likeness (QED) is 0.723. The molecule has 1 atom stereocenters. The van der Waals surface area contributed by atoms with Crippen molar-refractivity contribution >= 4 is 11.9 Å². The fourth-order valence-electron chi connectivity index (χ4n) is 3.64. The third kappa shape index (κ3) is 4.88. The van der Waals surface area contributed by atoms with Gasteiger partial charge in [0.05, 0.1) is 20.3 Å². The minimum Gasteiger partial charge on any atom is -0.496 e. The molecule has 6 nitrogen and oxygen atoms in total. The molecule has 1 aliphatic rings. The second-order valence-corrected chi connectivity index (χ2v) is 7.14. The van der Waals surface area contributed by atoms with Crippen LogP contribution in [-0.4, -0.2) is 32.7 Å². The molecule has 0 saturated carbocycles. The molecule has 3 rings (SSSR count). The standard InChI is InChI=1S/C23H27NO5/c1-15(17-12-11-16-7-4-5-8-18(16)13-17)24-21(25)14-29-23(26)22-19(27-2)9-6-10-20(22)28-3/h6,9-13,15H,4-5,7-8,14H2,1-3H3,(H,24,25)/t15-/m1/s1. The Morgan fingerprint density at radius 2 is 1.66 bits per heavy atom. The van der Waals surface area contributed by atoms with Gasteiger partial charge in [0.2, 0.25) is 0 Å². The summed E-state index contributed by atoms with van der Waals surface area (Å²) in [5, 5.41) is 2.89. The largest absolute Gasteiger partial charge is 0.496 e. The van der Waals surface area contributed by atoms with Gasteiger partial charge in [-0.25, -0.2) is 4.79 Å². The van der Waals surface area contributed by atoms with Crippen molar-refractivity contribution in [1.82, 2.24) is 5.32 Å². The van der Waals surface area contributed by atoms with Gasteiger partial charge in [0, 0.05) is 0 Å². The first-order valence-corrected chi connectivity index (χ1v) is 9.82. The van der Waals surface area contributed by atoms with E-state index in [1.54, 1.807) is 18.2 Å². The van der Waals surface area contributed by atoms with E-state index in [2.05, 4.69) is 23.5 Å². The van der Waals surface area contributed by atoms with Crippen molar-refractivity contribution < 1.29 is 23.8 Å². The highest BCUT2D eigenvalue weighted by atomic mass is 16.5. The average Bonchev–Trinajstić information content (AvgIpc) is 2.76. The number of amides is 1. The summed E-state index contributed by atoms with van der Waals surface area (Å²) in [6.07, 6.45) is 4.65. The zero-order valence-corrected chi connectivity index (χ0v) is 17.1. The third-order valence-electron chi connectivity index (χ3n) is 5.22. The Morgan fingerprint density at radius 3 is 2.31 bits per heavy atom. The van der Waals surface area contributed by atoms with Crippen LogP contribution in [0, 0.1) is 0 Å². The number of methoxy groups -OCH3 is 2. The molecular weight excluding hydrogens is 370 g/mol. The highest BCUT2D eigenvalue weighted by molar-refractivity contribution is 5.96. The van der Waals surface area contributed by atoms with E-state index in [9.17, 15) is 9.59 Å². The number of carbonyl (C=O) groups is 2. The number of esters is 1. The normalized spacial score (nSPS) is 13.8. The lowest BCUT2D eigenvalue weighted by molar-refractivity contribution is -0.124. The smallest absolute Gasteiger partial charge is 0.346 e. The van der Waals surface area contributed by atoms with Crippen LogP contribution in [0.2, 0.25) is 0 Å². The summed E-state index contributed by atoms with van der Waals surface area (Å²) in [6, 6.07) is 11.2. The SMILES string of the molecule is COc1cccc(OC)c1C(=O)OCC(=O)N[C@H](C)c1ccc2c(c1)CCCC2. The van der Waals surface area contributed by atoms with E-state index in [0.717, 1.165) is 18.4 Å². The van der Waals surface area contributed by atoms with Crippen LogP contribution in [0.3, 0.4) is 0 Å². The van der Waals surface area contributed by atoms with Crippen molar-refractivity contribution in [2.75, 3.05) is 20.8 Å². The van der Waals surface area contributed by atoms with Crippen LogP contribution in [0.1, 0.15) is 52.9 Å². The van der Waals surface area contributed by atoms with E-state index in [1.807, 2.05) is 6.92 Å². The van der Waals surface area contributed by atoms with E-state index < -0.39 is 5.97 Å². The van der Waals surface area contributed by atoms with Gasteiger partial charge >= 0.3 is 5.97 Å². The highest BCUT2D eigenvalue weighted by Gasteiger charge is 2.21. The average molecular weight is 397 g/mol. The Kier molecular flexibility index (Phi) is 6.75. The number of nitrogens with one attached hydrogen (secondary N) is 1. The number of fused-ring (bicyclic) bond motifs is 1. The summed E-state index contributed by atoms with van der Waals surface area (Å²) in [6.45, 7) is 1.54. The molecule has 0 aliphatic heterocycles. The molecule has 1 aliphatic carbocycles. The zero-order valence-electron chi connectivity index (χ0n) is 17.1. The molecule has 0 saturated heterocycles. The van der Waals surface area contributed by atoms with Gasteiger partial charge in [0.1, 0.15) is 17.1 Å². The van der Waals surface area contributed by atoms with Crippen molar-refractivity contribution in [2.45, 2.75) is 38.6 Å². The Hall–Kier alpha value is -3.02. The van der Waals surface area contributed by atoms with Crippen LogP contribution in [0.5, 0.6) is 11.5 Å². The molecule has 0 aromatic heterocycles. The molecule has 0 unspecified atom stereocenters. The van der Waals surface area contributed by atoms with Crippen molar-refractivity contribution in [1.29, 1.82) is 0 Å². The third-order valence-corrected chi connectivity index (χ3v) is 5.22. The lowest BCUT2D eigenvalue weighted by Crippen LogP contribution is -2.31. The summed E-state index contributed by atoms with van der Waals surface area (Å²) in [7, 11) is 2.91. The van der Waals surface area contributed by atoms with Crippen molar-refractivity contribution in [3.63, 3.8) is 0 Å². The van der Waals surface area contributed by atoms with Gasteiger partial charge in [0.25, 0.3) is 5.91 Å². The lowest BCUT2D eigenvalue weighted by atomic mass is 9.89. The topological polar surface area (TPSA) is 73.9 Å². The second kappa shape index (κ2) is 9.45. The monoisotopic (exact) mass is 397 g/mol. The number of ether oxygens (including phenoxy) is 3. The molecule has 0 spiro atoms. The van der Waals surface area contributed by atoms with E-state index in [4.69, 9.17) is 14.2 Å². The molecule has 0 bridgehead atoms. The summed E-state index contributed by atoms with van der Waals surface area (Å²) in [4.78, 5) is 24.8. The number of hydrogen-bond acceptors (Lipinski definition) is 5. The minimum atomic E-state index is -0.670.